The van der Waals surface area contributed by atoms with Crippen LogP contribution in [-0.4, -0.2) is 25.2 Å². The third kappa shape index (κ3) is 2.49. The van der Waals surface area contributed by atoms with Gasteiger partial charge in [-0.15, -0.1) is 0 Å². The van der Waals surface area contributed by atoms with E-state index < -0.39 is 0 Å². The second-order valence-electron chi connectivity index (χ2n) is 1.80. The zero-order valence-electron chi connectivity index (χ0n) is 5.51. The molecule has 0 aromatic heterocycles. The standard InChI is InChI=1S/C6H11NO/c1-5-8-6(2)7(3)4/h1,6H,2-4H3. The van der Waals surface area contributed by atoms with Gasteiger partial charge in [0.15, 0.2) is 6.23 Å². The summed E-state index contributed by atoms with van der Waals surface area (Å²) in [5, 5.41) is 0. The summed E-state index contributed by atoms with van der Waals surface area (Å²) < 4.78 is 4.76. The summed E-state index contributed by atoms with van der Waals surface area (Å²) in [5.74, 6) is 0. The molecule has 0 fully saturated rings. The fourth-order valence-corrected chi connectivity index (χ4v) is 0.204. The van der Waals surface area contributed by atoms with Gasteiger partial charge in [0.2, 0.25) is 0 Å². The normalized spacial score (nSPS) is 12.9. The lowest BCUT2D eigenvalue weighted by atomic mass is 10.6. The SMILES string of the molecule is C#COC(C)N(C)C. The van der Waals surface area contributed by atoms with E-state index >= 15 is 0 Å². The van der Waals surface area contributed by atoms with E-state index in [-0.39, 0.29) is 6.23 Å². The summed E-state index contributed by atoms with van der Waals surface area (Å²) in [6, 6.07) is 0. The van der Waals surface area contributed by atoms with E-state index in [1.165, 1.54) is 0 Å². The maximum Gasteiger partial charge on any atom is 0.161 e. The Kier molecular flexibility index (Phi) is 3.05. The van der Waals surface area contributed by atoms with Crippen LogP contribution in [-0.2, 0) is 4.74 Å². The first-order valence-electron chi connectivity index (χ1n) is 2.46. The molecule has 0 N–H and O–H groups in total. The van der Waals surface area contributed by atoms with Crippen LogP contribution in [0.15, 0.2) is 0 Å². The van der Waals surface area contributed by atoms with Gasteiger partial charge in [-0.2, -0.15) is 0 Å². The Bertz CT molecular complexity index is 93.2. The molecule has 8 heavy (non-hydrogen) atoms. The van der Waals surface area contributed by atoms with Gasteiger partial charge in [0, 0.05) is 0 Å². The summed E-state index contributed by atoms with van der Waals surface area (Å²) in [6.07, 6.45) is 6.99. The molecule has 0 radical (unpaired) electrons. The molecule has 0 spiro atoms. The Hall–Kier alpha value is -0.680. The third-order valence-electron chi connectivity index (χ3n) is 0.966. The fraction of sp³-hybridized carbons (Fsp3) is 0.667. The number of hydrogen-bond donors (Lipinski definition) is 0. The summed E-state index contributed by atoms with van der Waals surface area (Å²) >= 11 is 0. The molecule has 1 unspecified atom stereocenters. The van der Waals surface area contributed by atoms with Crippen LogP contribution in [0, 0.1) is 12.5 Å². The molecule has 2 heteroatoms. The van der Waals surface area contributed by atoms with Crippen LogP contribution < -0.4 is 0 Å². The molecule has 0 saturated carbocycles. The number of terminal acetylenes is 1. The Morgan fingerprint density at radius 2 is 2.12 bits per heavy atom. The van der Waals surface area contributed by atoms with Gasteiger partial charge in [-0.25, -0.2) is 0 Å². The van der Waals surface area contributed by atoms with Crippen LogP contribution in [0.25, 0.3) is 0 Å². The number of rotatable bonds is 2. The monoisotopic (exact) mass is 113 g/mol. The van der Waals surface area contributed by atoms with Crippen molar-refractivity contribution in [2.75, 3.05) is 14.1 Å². The van der Waals surface area contributed by atoms with Crippen molar-refractivity contribution in [1.82, 2.24) is 4.90 Å². The highest BCUT2D eigenvalue weighted by atomic mass is 16.5. The van der Waals surface area contributed by atoms with Crippen LogP contribution in [0.1, 0.15) is 6.92 Å². The number of hydrogen-bond acceptors (Lipinski definition) is 2. The van der Waals surface area contributed by atoms with Gasteiger partial charge in [-0.1, -0.05) is 6.42 Å². The average Bonchev–Trinajstić information content (AvgIpc) is 1.67. The van der Waals surface area contributed by atoms with Gasteiger partial charge in [-0.3, -0.25) is 4.90 Å². The summed E-state index contributed by atoms with van der Waals surface area (Å²) in [5.41, 5.74) is 0. The second-order valence-corrected chi connectivity index (χ2v) is 1.80. The Morgan fingerprint density at radius 1 is 1.62 bits per heavy atom. The van der Waals surface area contributed by atoms with E-state index in [2.05, 4.69) is 6.11 Å². The largest absolute Gasteiger partial charge is 0.428 e. The predicted octanol–water partition coefficient (Wildman–Crippen LogP) is 0.501. The quantitative estimate of drug-likeness (QED) is 0.382. The van der Waals surface area contributed by atoms with Gasteiger partial charge in [0.25, 0.3) is 0 Å². The van der Waals surface area contributed by atoms with Crippen LogP contribution in [0.2, 0.25) is 0 Å². The van der Waals surface area contributed by atoms with Crippen molar-refractivity contribution in [3.8, 4) is 12.5 Å². The van der Waals surface area contributed by atoms with E-state index in [1.807, 2.05) is 25.9 Å². The van der Waals surface area contributed by atoms with Crippen LogP contribution in [0.3, 0.4) is 0 Å². The highest BCUT2D eigenvalue weighted by Crippen LogP contribution is 1.89. The molecule has 0 aromatic rings. The first-order valence-corrected chi connectivity index (χ1v) is 2.46. The van der Waals surface area contributed by atoms with E-state index in [9.17, 15) is 0 Å². The minimum Gasteiger partial charge on any atom is -0.428 e. The molecule has 0 aliphatic carbocycles. The zero-order valence-corrected chi connectivity index (χ0v) is 5.51. The van der Waals surface area contributed by atoms with Crippen LogP contribution >= 0.6 is 0 Å². The van der Waals surface area contributed by atoms with Crippen molar-refractivity contribution in [1.29, 1.82) is 0 Å². The van der Waals surface area contributed by atoms with E-state index in [4.69, 9.17) is 11.2 Å². The first kappa shape index (κ1) is 7.32. The van der Waals surface area contributed by atoms with Crippen molar-refractivity contribution < 1.29 is 4.74 Å². The third-order valence-corrected chi connectivity index (χ3v) is 0.966. The molecule has 0 rings (SSSR count). The first-order chi connectivity index (χ1) is 3.68. The van der Waals surface area contributed by atoms with Crippen molar-refractivity contribution in [3.63, 3.8) is 0 Å². The number of ether oxygens (including phenoxy) is 1. The zero-order chi connectivity index (χ0) is 6.57. The molecule has 0 aliphatic rings. The molecular formula is C6H11NO. The molecule has 0 aromatic carbocycles. The highest BCUT2D eigenvalue weighted by Gasteiger charge is 2.00. The Balaban J connectivity index is 3.35. The minimum atomic E-state index is 0.0139. The maximum atomic E-state index is 4.87. The maximum absolute atomic E-state index is 4.87. The van der Waals surface area contributed by atoms with Gasteiger partial charge in [-0.05, 0) is 21.0 Å². The van der Waals surface area contributed by atoms with E-state index in [0.29, 0.717) is 0 Å². The lowest BCUT2D eigenvalue weighted by Crippen LogP contribution is -2.25. The van der Waals surface area contributed by atoms with Crippen LogP contribution in [0.4, 0.5) is 0 Å². The van der Waals surface area contributed by atoms with Crippen LogP contribution in [0.5, 0.6) is 0 Å². The number of nitrogens with zero attached hydrogens (tertiary/aromatic N) is 1. The Labute approximate surface area is 50.4 Å². The van der Waals surface area contributed by atoms with Gasteiger partial charge < -0.3 is 4.74 Å². The van der Waals surface area contributed by atoms with Crippen molar-refractivity contribution in [2.24, 2.45) is 0 Å². The molecule has 2 nitrogen and oxygen atoms in total. The van der Waals surface area contributed by atoms with Gasteiger partial charge >= 0.3 is 0 Å². The molecule has 0 saturated heterocycles. The molecule has 0 bridgehead atoms. The molecule has 0 aliphatic heterocycles. The smallest absolute Gasteiger partial charge is 0.161 e. The predicted molar refractivity (Wildman–Crippen MR) is 33.1 cm³/mol. The lowest BCUT2D eigenvalue weighted by molar-refractivity contribution is 0.0554. The average molecular weight is 113 g/mol. The summed E-state index contributed by atoms with van der Waals surface area (Å²) in [7, 11) is 3.81. The fourth-order valence-electron chi connectivity index (χ4n) is 0.204. The minimum absolute atomic E-state index is 0.0139. The molecule has 0 amide bonds. The topological polar surface area (TPSA) is 12.5 Å². The van der Waals surface area contributed by atoms with Crippen molar-refractivity contribution >= 4 is 0 Å². The second kappa shape index (κ2) is 3.34. The highest BCUT2D eigenvalue weighted by molar-refractivity contribution is 4.70. The Morgan fingerprint density at radius 3 is 2.25 bits per heavy atom. The molecule has 0 heterocycles. The van der Waals surface area contributed by atoms with Gasteiger partial charge in [0.1, 0.15) is 6.11 Å². The van der Waals surface area contributed by atoms with Gasteiger partial charge in [0.05, 0.1) is 0 Å². The summed E-state index contributed by atoms with van der Waals surface area (Å²) in [4.78, 5) is 1.89. The van der Waals surface area contributed by atoms with E-state index in [1.54, 1.807) is 0 Å². The molecule has 1 atom stereocenters. The molecular weight excluding hydrogens is 102 g/mol. The lowest BCUT2D eigenvalue weighted by Gasteiger charge is -2.16. The summed E-state index contributed by atoms with van der Waals surface area (Å²) in [6.45, 7) is 1.89. The van der Waals surface area contributed by atoms with E-state index in [0.717, 1.165) is 0 Å². The van der Waals surface area contributed by atoms with Crippen molar-refractivity contribution in [2.45, 2.75) is 13.2 Å². The van der Waals surface area contributed by atoms with Crippen molar-refractivity contribution in [3.05, 3.63) is 0 Å². The molecule has 46 valence electrons.